The van der Waals surface area contributed by atoms with E-state index in [9.17, 15) is 9.18 Å². The summed E-state index contributed by atoms with van der Waals surface area (Å²) in [7, 11) is 0. The zero-order valence-corrected chi connectivity index (χ0v) is 24.1. The predicted molar refractivity (Wildman–Crippen MR) is 151 cm³/mol. The lowest BCUT2D eigenvalue weighted by molar-refractivity contribution is 0.269. The van der Waals surface area contributed by atoms with E-state index in [0.717, 1.165) is 10.0 Å². The molecule has 0 aliphatic heterocycles. The summed E-state index contributed by atoms with van der Waals surface area (Å²) in [6, 6.07) is 15.2. The molecule has 0 N–H and O–H groups in total. The van der Waals surface area contributed by atoms with Gasteiger partial charge in [0.05, 0.1) is 23.7 Å². The van der Waals surface area contributed by atoms with Crippen molar-refractivity contribution in [2.45, 2.75) is 39.7 Å². The molecular formula is C28H26Br2FN3O3. The normalized spacial score (nSPS) is 11.9. The van der Waals surface area contributed by atoms with Crippen molar-refractivity contribution in [2.24, 2.45) is 5.10 Å². The second kappa shape index (κ2) is 11.1. The summed E-state index contributed by atoms with van der Waals surface area (Å²) in [5.41, 5.74) is 1.46. The number of aromatic nitrogens is 2. The van der Waals surface area contributed by atoms with E-state index in [4.69, 9.17) is 14.5 Å². The van der Waals surface area contributed by atoms with Gasteiger partial charge in [0.15, 0.2) is 11.5 Å². The van der Waals surface area contributed by atoms with E-state index in [0.29, 0.717) is 44.9 Å². The Balaban J connectivity index is 1.72. The lowest BCUT2D eigenvalue weighted by atomic mass is 9.95. The molecule has 1 aromatic heterocycles. The van der Waals surface area contributed by atoms with Gasteiger partial charge in [-0.1, -0.05) is 48.8 Å². The summed E-state index contributed by atoms with van der Waals surface area (Å²) >= 11 is 7.01. The van der Waals surface area contributed by atoms with Gasteiger partial charge in [-0.2, -0.15) is 9.78 Å². The number of hydrogen-bond acceptors (Lipinski definition) is 5. The Morgan fingerprint density at radius 2 is 1.73 bits per heavy atom. The summed E-state index contributed by atoms with van der Waals surface area (Å²) in [6.45, 7) is 8.53. The Kier molecular flexibility index (Phi) is 8.14. The van der Waals surface area contributed by atoms with E-state index in [2.05, 4.69) is 37.0 Å². The van der Waals surface area contributed by atoms with Crippen molar-refractivity contribution in [1.29, 1.82) is 0 Å². The van der Waals surface area contributed by atoms with Gasteiger partial charge in [-0.15, -0.1) is 0 Å². The summed E-state index contributed by atoms with van der Waals surface area (Å²) < 4.78 is 27.8. The summed E-state index contributed by atoms with van der Waals surface area (Å²) in [5.74, 6) is 1.30. The zero-order chi connectivity index (χ0) is 26.7. The van der Waals surface area contributed by atoms with E-state index in [-0.39, 0.29) is 18.0 Å². The lowest BCUT2D eigenvalue weighted by Crippen LogP contribution is -2.29. The van der Waals surface area contributed by atoms with Gasteiger partial charge in [0, 0.05) is 19.9 Å². The molecule has 0 amide bonds. The minimum absolute atomic E-state index is 0.253. The summed E-state index contributed by atoms with van der Waals surface area (Å²) in [6.07, 6.45) is 1.60. The Morgan fingerprint density at radius 1 is 1.03 bits per heavy atom. The highest BCUT2D eigenvalue weighted by Gasteiger charge is 2.23. The molecule has 0 radical (unpaired) electrons. The van der Waals surface area contributed by atoms with Crippen LogP contribution in [0.4, 0.5) is 4.39 Å². The standard InChI is InChI=1S/C28H26Br2FN3O3/c1-5-36-24-12-18(22(30)14-25(24)37-16-17-6-9-20(31)10-7-17)15-32-34-26(35)21-13-19(29)8-11-23(21)33-27(34)28(2,3)4/h6-15H,5,16H2,1-4H3. The van der Waals surface area contributed by atoms with Gasteiger partial charge >= 0.3 is 0 Å². The quantitative estimate of drug-likeness (QED) is 0.202. The monoisotopic (exact) mass is 629 g/mol. The van der Waals surface area contributed by atoms with Crippen LogP contribution in [0.5, 0.6) is 11.5 Å². The largest absolute Gasteiger partial charge is 0.490 e. The first-order valence-electron chi connectivity index (χ1n) is 11.7. The number of hydrogen-bond donors (Lipinski definition) is 0. The minimum atomic E-state index is -0.427. The number of rotatable bonds is 7. The third-order valence-corrected chi connectivity index (χ3v) is 6.64. The molecular weight excluding hydrogens is 605 g/mol. The van der Waals surface area contributed by atoms with Gasteiger partial charge in [0.25, 0.3) is 5.56 Å². The van der Waals surface area contributed by atoms with E-state index < -0.39 is 5.41 Å². The average molecular weight is 631 g/mol. The van der Waals surface area contributed by atoms with E-state index in [1.54, 1.807) is 36.5 Å². The molecule has 6 nitrogen and oxygen atoms in total. The number of fused-ring (bicyclic) bond motifs is 1. The fourth-order valence-corrected chi connectivity index (χ4v) is 4.42. The minimum Gasteiger partial charge on any atom is -0.490 e. The van der Waals surface area contributed by atoms with Crippen LogP contribution in [0.3, 0.4) is 0 Å². The van der Waals surface area contributed by atoms with Gasteiger partial charge < -0.3 is 9.47 Å². The van der Waals surface area contributed by atoms with Gasteiger partial charge in [-0.05, 0) is 70.9 Å². The molecule has 0 aliphatic rings. The molecule has 0 saturated heterocycles. The van der Waals surface area contributed by atoms with Gasteiger partial charge in [0.1, 0.15) is 18.2 Å². The van der Waals surface area contributed by atoms with Crippen molar-refractivity contribution in [1.82, 2.24) is 9.66 Å². The Morgan fingerprint density at radius 3 is 2.41 bits per heavy atom. The number of nitrogens with zero attached hydrogens (tertiary/aromatic N) is 3. The molecule has 0 atom stereocenters. The van der Waals surface area contributed by atoms with Crippen molar-refractivity contribution in [3.63, 3.8) is 0 Å². The second-order valence-corrected chi connectivity index (χ2v) is 11.1. The average Bonchev–Trinajstić information content (AvgIpc) is 2.84. The molecule has 4 rings (SSSR count). The fraction of sp³-hybridized carbons (Fsp3) is 0.250. The molecule has 0 fully saturated rings. The fourth-order valence-electron chi connectivity index (χ4n) is 3.63. The first kappa shape index (κ1) is 27.0. The predicted octanol–water partition coefficient (Wildman–Crippen LogP) is 7.22. The van der Waals surface area contributed by atoms with Crippen LogP contribution in [0.2, 0.25) is 0 Å². The maximum absolute atomic E-state index is 13.4. The van der Waals surface area contributed by atoms with Crippen LogP contribution in [0, 0.1) is 5.82 Å². The summed E-state index contributed by atoms with van der Waals surface area (Å²) in [5, 5.41) is 5.03. The second-order valence-electron chi connectivity index (χ2n) is 9.38. The topological polar surface area (TPSA) is 65.7 Å². The highest BCUT2D eigenvalue weighted by Crippen LogP contribution is 2.34. The maximum atomic E-state index is 13.4. The van der Waals surface area contributed by atoms with E-state index >= 15 is 0 Å². The number of benzene rings is 3. The first-order chi connectivity index (χ1) is 17.6. The van der Waals surface area contributed by atoms with Crippen LogP contribution in [-0.4, -0.2) is 22.5 Å². The molecule has 3 aromatic carbocycles. The van der Waals surface area contributed by atoms with E-state index in [1.165, 1.54) is 16.8 Å². The van der Waals surface area contributed by atoms with Crippen molar-refractivity contribution in [2.75, 3.05) is 6.61 Å². The third-order valence-electron chi connectivity index (χ3n) is 5.46. The molecule has 4 aromatic rings. The number of halogens is 3. The van der Waals surface area contributed by atoms with Crippen LogP contribution >= 0.6 is 31.9 Å². The molecule has 192 valence electrons. The molecule has 37 heavy (non-hydrogen) atoms. The Bertz CT molecular complexity index is 1530. The molecule has 0 spiro atoms. The Hall–Kier alpha value is -3.04. The molecule has 0 unspecified atom stereocenters. The summed E-state index contributed by atoms with van der Waals surface area (Å²) in [4.78, 5) is 18.2. The van der Waals surface area contributed by atoms with Crippen LogP contribution in [-0.2, 0) is 12.0 Å². The molecule has 9 heteroatoms. The lowest BCUT2D eigenvalue weighted by Gasteiger charge is -2.21. The van der Waals surface area contributed by atoms with Crippen molar-refractivity contribution in [3.8, 4) is 11.5 Å². The van der Waals surface area contributed by atoms with Crippen molar-refractivity contribution >= 4 is 49.0 Å². The number of ether oxygens (including phenoxy) is 2. The van der Waals surface area contributed by atoms with Gasteiger partial charge in [-0.3, -0.25) is 4.79 Å². The zero-order valence-electron chi connectivity index (χ0n) is 20.9. The Labute approximate surface area is 231 Å². The molecule has 0 aliphatic carbocycles. The van der Waals surface area contributed by atoms with E-state index in [1.807, 2.05) is 39.8 Å². The highest BCUT2D eigenvalue weighted by atomic mass is 79.9. The van der Waals surface area contributed by atoms with Crippen molar-refractivity contribution in [3.05, 3.63) is 96.7 Å². The van der Waals surface area contributed by atoms with Crippen LogP contribution in [0.1, 0.15) is 44.6 Å². The van der Waals surface area contributed by atoms with Crippen LogP contribution in [0.25, 0.3) is 10.9 Å². The maximum Gasteiger partial charge on any atom is 0.282 e. The molecule has 0 bridgehead atoms. The molecule has 1 heterocycles. The first-order valence-corrected chi connectivity index (χ1v) is 13.3. The third kappa shape index (κ3) is 6.27. The van der Waals surface area contributed by atoms with Crippen LogP contribution < -0.4 is 15.0 Å². The molecule has 0 saturated carbocycles. The van der Waals surface area contributed by atoms with Gasteiger partial charge in [0.2, 0.25) is 0 Å². The van der Waals surface area contributed by atoms with Crippen molar-refractivity contribution < 1.29 is 13.9 Å². The SMILES string of the molecule is CCOc1cc(C=Nn2c(C(C)(C)C)nc3ccc(Br)cc3c2=O)c(Br)cc1OCc1ccc(F)cc1. The smallest absolute Gasteiger partial charge is 0.282 e. The van der Waals surface area contributed by atoms with Crippen LogP contribution in [0.15, 0.2) is 73.4 Å². The highest BCUT2D eigenvalue weighted by molar-refractivity contribution is 9.10. The van der Waals surface area contributed by atoms with Gasteiger partial charge in [-0.25, -0.2) is 9.37 Å².